The third kappa shape index (κ3) is 4.67. The molecule has 0 saturated heterocycles. The van der Waals surface area contributed by atoms with Crippen molar-refractivity contribution in [3.63, 3.8) is 0 Å². The van der Waals surface area contributed by atoms with Gasteiger partial charge in [0.05, 0.1) is 12.1 Å². The van der Waals surface area contributed by atoms with E-state index >= 15 is 0 Å². The van der Waals surface area contributed by atoms with Crippen molar-refractivity contribution in [1.29, 1.82) is 0 Å². The summed E-state index contributed by atoms with van der Waals surface area (Å²) in [5.41, 5.74) is 0.577. The van der Waals surface area contributed by atoms with E-state index in [2.05, 4.69) is 19.2 Å². The summed E-state index contributed by atoms with van der Waals surface area (Å²) in [4.78, 5) is 14.4. The number of nitrogens with one attached hydrogen (secondary N) is 1. The fourth-order valence-corrected chi connectivity index (χ4v) is 1.99. The number of hydrogen-bond acceptors (Lipinski definition) is 3. The molecular weight excluding hydrogens is 236 g/mol. The number of ketones is 1. The third-order valence-electron chi connectivity index (χ3n) is 3.49. The molecule has 1 atom stereocenters. The second-order valence-corrected chi connectivity index (χ2v) is 5.69. The maximum absolute atomic E-state index is 12.4. The summed E-state index contributed by atoms with van der Waals surface area (Å²) in [5.74, 6) is 0.208. The Hall–Kier alpha value is -1.35. The van der Waals surface area contributed by atoms with Crippen molar-refractivity contribution >= 4 is 11.5 Å². The van der Waals surface area contributed by atoms with Gasteiger partial charge < -0.3 is 10.2 Å². The zero-order chi connectivity index (χ0) is 14.5. The van der Waals surface area contributed by atoms with Gasteiger partial charge in [-0.1, -0.05) is 25.1 Å². The second-order valence-electron chi connectivity index (χ2n) is 5.69. The van der Waals surface area contributed by atoms with Crippen LogP contribution in [0.25, 0.3) is 0 Å². The lowest BCUT2D eigenvalue weighted by atomic mass is 9.97. The van der Waals surface area contributed by atoms with E-state index in [-0.39, 0.29) is 5.78 Å². The zero-order valence-electron chi connectivity index (χ0n) is 12.7. The summed E-state index contributed by atoms with van der Waals surface area (Å²) >= 11 is 0. The summed E-state index contributed by atoms with van der Waals surface area (Å²) in [7, 11) is 1.95. The molecule has 0 saturated carbocycles. The summed E-state index contributed by atoms with van der Waals surface area (Å²) in [6.07, 6.45) is 1.02. The van der Waals surface area contributed by atoms with Gasteiger partial charge in [-0.3, -0.25) is 4.79 Å². The Morgan fingerprint density at radius 1 is 1.32 bits per heavy atom. The lowest BCUT2D eigenvalue weighted by molar-refractivity contribution is -0.123. The predicted octanol–water partition coefficient (Wildman–Crippen LogP) is 2.86. The molecule has 3 heteroatoms. The standard InChI is InChI=1S/C16H26N2O/c1-6-13(2)17-16(3,4)15(19)12-18(5)14-10-8-7-9-11-14/h7-11,13,17H,6,12H2,1-5H3. The van der Waals surface area contributed by atoms with Gasteiger partial charge in [-0.05, 0) is 39.3 Å². The van der Waals surface area contributed by atoms with Gasteiger partial charge in [-0.2, -0.15) is 0 Å². The summed E-state index contributed by atoms with van der Waals surface area (Å²) in [6, 6.07) is 10.3. The maximum Gasteiger partial charge on any atom is 0.171 e. The van der Waals surface area contributed by atoms with Gasteiger partial charge in [0.2, 0.25) is 0 Å². The first-order valence-electron chi connectivity index (χ1n) is 6.94. The van der Waals surface area contributed by atoms with Crippen LogP contribution in [0.15, 0.2) is 30.3 Å². The number of likely N-dealkylation sites (N-methyl/N-ethyl adjacent to an activating group) is 1. The molecule has 0 bridgehead atoms. The van der Waals surface area contributed by atoms with Crippen molar-refractivity contribution < 1.29 is 4.79 Å². The quantitative estimate of drug-likeness (QED) is 0.820. The van der Waals surface area contributed by atoms with Crippen molar-refractivity contribution in [3.05, 3.63) is 30.3 Å². The van der Waals surface area contributed by atoms with Crippen molar-refractivity contribution in [1.82, 2.24) is 5.32 Å². The number of carbonyl (C=O) groups excluding carboxylic acids is 1. The molecule has 0 aliphatic carbocycles. The number of anilines is 1. The van der Waals surface area contributed by atoms with Crippen LogP contribution in [0.1, 0.15) is 34.1 Å². The molecule has 1 aromatic rings. The Morgan fingerprint density at radius 2 is 1.89 bits per heavy atom. The third-order valence-corrected chi connectivity index (χ3v) is 3.49. The van der Waals surface area contributed by atoms with E-state index < -0.39 is 5.54 Å². The second kappa shape index (κ2) is 6.71. The number of benzene rings is 1. The number of rotatable bonds is 7. The fourth-order valence-electron chi connectivity index (χ4n) is 1.99. The highest BCUT2D eigenvalue weighted by Gasteiger charge is 2.28. The van der Waals surface area contributed by atoms with Crippen LogP contribution < -0.4 is 10.2 Å². The van der Waals surface area contributed by atoms with Gasteiger partial charge in [0.15, 0.2) is 5.78 Å². The van der Waals surface area contributed by atoms with Crippen molar-refractivity contribution in [2.75, 3.05) is 18.5 Å². The minimum atomic E-state index is -0.488. The largest absolute Gasteiger partial charge is 0.367 e. The lowest BCUT2D eigenvalue weighted by Crippen LogP contribution is -2.53. The molecule has 0 spiro atoms. The van der Waals surface area contributed by atoms with E-state index in [9.17, 15) is 4.79 Å². The number of carbonyl (C=O) groups is 1. The topological polar surface area (TPSA) is 32.3 Å². The molecule has 1 rings (SSSR count). The Balaban J connectivity index is 2.63. The van der Waals surface area contributed by atoms with E-state index in [0.29, 0.717) is 12.6 Å². The number of hydrogen-bond donors (Lipinski definition) is 1. The van der Waals surface area contributed by atoms with Crippen LogP contribution in [0.2, 0.25) is 0 Å². The average Bonchev–Trinajstić information content (AvgIpc) is 2.39. The van der Waals surface area contributed by atoms with Crippen LogP contribution in [-0.2, 0) is 4.79 Å². The highest BCUT2D eigenvalue weighted by Crippen LogP contribution is 2.14. The van der Waals surface area contributed by atoms with E-state index in [1.165, 1.54) is 0 Å². The SMILES string of the molecule is CCC(C)NC(C)(C)C(=O)CN(C)c1ccccc1. The highest BCUT2D eigenvalue weighted by molar-refractivity contribution is 5.91. The van der Waals surface area contributed by atoms with Crippen LogP contribution in [-0.4, -0.2) is 31.0 Å². The Kier molecular flexibility index (Phi) is 5.55. The number of Topliss-reactive ketones (excluding diaryl/α,β-unsaturated/α-hetero) is 1. The minimum absolute atomic E-state index is 0.208. The molecule has 1 N–H and O–H groups in total. The van der Waals surface area contributed by atoms with Crippen LogP contribution in [0, 0.1) is 0 Å². The first kappa shape index (κ1) is 15.7. The Labute approximate surface area is 117 Å². The first-order chi connectivity index (χ1) is 8.86. The molecule has 0 fully saturated rings. The van der Waals surface area contributed by atoms with E-state index in [1.54, 1.807) is 0 Å². The summed E-state index contributed by atoms with van der Waals surface area (Å²) in [6.45, 7) is 8.56. The average molecular weight is 262 g/mol. The highest BCUT2D eigenvalue weighted by atomic mass is 16.1. The number of para-hydroxylation sites is 1. The maximum atomic E-state index is 12.4. The van der Waals surface area contributed by atoms with E-state index in [4.69, 9.17) is 0 Å². The Morgan fingerprint density at radius 3 is 2.42 bits per heavy atom. The monoisotopic (exact) mass is 262 g/mol. The smallest absolute Gasteiger partial charge is 0.171 e. The lowest BCUT2D eigenvalue weighted by Gasteiger charge is -2.31. The van der Waals surface area contributed by atoms with Crippen molar-refractivity contribution in [2.45, 2.75) is 45.7 Å². The minimum Gasteiger partial charge on any atom is -0.367 e. The van der Waals surface area contributed by atoms with Gasteiger partial charge >= 0.3 is 0 Å². The molecule has 106 valence electrons. The first-order valence-corrected chi connectivity index (χ1v) is 6.94. The predicted molar refractivity (Wildman–Crippen MR) is 81.7 cm³/mol. The molecule has 0 radical (unpaired) electrons. The van der Waals surface area contributed by atoms with E-state index in [0.717, 1.165) is 12.1 Å². The van der Waals surface area contributed by atoms with Gasteiger partial charge in [0, 0.05) is 18.8 Å². The van der Waals surface area contributed by atoms with E-state index in [1.807, 2.05) is 56.1 Å². The molecule has 19 heavy (non-hydrogen) atoms. The van der Waals surface area contributed by atoms with Crippen LogP contribution >= 0.6 is 0 Å². The van der Waals surface area contributed by atoms with Crippen molar-refractivity contribution in [2.24, 2.45) is 0 Å². The summed E-state index contributed by atoms with van der Waals surface area (Å²) < 4.78 is 0. The molecule has 1 unspecified atom stereocenters. The van der Waals surface area contributed by atoms with Gasteiger partial charge in [0.1, 0.15) is 0 Å². The van der Waals surface area contributed by atoms with Gasteiger partial charge in [-0.15, -0.1) is 0 Å². The van der Waals surface area contributed by atoms with Crippen LogP contribution in [0.3, 0.4) is 0 Å². The molecule has 3 nitrogen and oxygen atoms in total. The van der Waals surface area contributed by atoms with Gasteiger partial charge in [0.25, 0.3) is 0 Å². The molecule has 0 aliphatic heterocycles. The van der Waals surface area contributed by atoms with Crippen molar-refractivity contribution in [3.8, 4) is 0 Å². The molecule has 1 aromatic carbocycles. The van der Waals surface area contributed by atoms with Gasteiger partial charge in [-0.25, -0.2) is 0 Å². The normalized spacial score (nSPS) is 13.1. The molecule has 0 aliphatic rings. The Bertz CT molecular complexity index is 400. The molecule has 0 heterocycles. The fraction of sp³-hybridized carbons (Fsp3) is 0.562. The number of nitrogens with zero attached hydrogens (tertiary/aromatic N) is 1. The molecule has 0 aromatic heterocycles. The summed E-state index contributed by atoms with van der Waals surface area (Å²) in [5, 5.41) is 3.39. The molecule has 0 amide bonds. The van der Waals surface area contributed by atoms with Crippen LogP contribution in [0.5, 0.6) is 0 Å². The zero-order valence-corrected chi connectivity index (χ0v) is 12.7. The molecular formula is C16H26N2O. The van der Waals surface area contributed by atoms with Crippen LogP contribution in [0.4, 0.5) is 5.69 Å².